The summed E-state index contributed by atoms with van der Waals surface area (Å²) in [6.45, 7) is 0.664. The molecule has 8 nitrogen and oxygen atoms in total. The van der Waals surface area contributed by atoms with Crippen LogP contribution in [0.1, 0.15) is 38.5 Å². The number of hydrogen-bond acceptors (Lipinski definition) is 4. The van der Waals surface area contributed by atoms with Crippen molar-refractivity contribution in [2.24, 2.45) is 5.73 Å². The Bertz CT molecular complexity index is 369. The van der Waals surface area contributed by atoms with E-state index in [4.69, 9.17) is 15.6 Å². The number of carbonyl (C=O) groups is 3. The summed E-state index contributed by atoms with van der Waals surface area (Å²) >= 11 is 0. The van der Waals surface area contributed by atoms with Gasteiger partial charge in [0.05, 0.1) is 19.1 Å². The van der Waals surface area contributed by atoms with Crippen LogP contribution in [-0.4, -0.2) is 48.3 Å². The molecule has 0 bridgehead atoms. The van der Waals surface area contributed by atoms with Gasteiger partial charge in [-0.15, -0.1) is 0 Å². The van der Waals surface area contributed by atoms with Crippen LogP contribution in [0.15, 0.2) is 0 Å². The van der Waals surface area contributed by atoms with Crippen LogP contribution in [0.2, 0.25) is 0 Å². The largest absolute Gasteiger partial charge is 0.480 e. The lowest BCUT2D eigenvalue weighted by atomic mass is 9.98. The summed E-state index contributed by atoms with van der Waals surface area (Å²) in [7, 11) is 0. The van der Waals surface area contributed by atoms with Crippen LogP contribution in [-0.2, 0) is 14.3 Å². The molecular formula is C13H23N3O5. The fourth-order valence-electron chi connectivity index (χ4n) is 2.23. The molecule has 1 aliphatic rings. The highest BCUT2D eigenvalue weighted by Crippen LogP contribution is 2.19. The average molecular weight is 301 g/mol. The molecule has 1 saturated carbocycles. The Morgan fingerprint density at radius 2 is 1.90 bits per heavy atom. The van der Waals surface area contributed by atoms with Crippen molar-refractivity contribution < 1.29 is 24.2 Å². The number of hydrogen-bond donors (Lipinski definition) is 4. The normalized spacial score (nSPS) is 17.0. The molecule has 8 heteroatoms. The molecule has 120 valence electrons. The average Bonchev–Trinajstić information content (AvgIpc) is 2.43. The van der Waals surface area contributed by atoms with Gasteiger partial charge in [0.25, 0.3) is 0 Å². The lowest BCUT2D eigenvalue weighted by Gasteiger charge is -2.22. The van der Waals surface area contributed by atoms with Crippen LogP contribution in [0.3, 0.4) is 0 Å². The van der Waals surface area contributed by atoms with Crippen molar-refractivity contribution in [3.63, 3.8) is 0 Å². The first-order valence-corrected chi connectivity index (χ1v) is 7.16. The van der Waals surface area contributed by atoms with Gasteiger partial charge in [-0.25, -0.2) is 9.59 Å². The fourth-order valence-corrected chi connectivity index (χ4v) is 2.23. The van der Waals surface area contributed by atoms with E-state index < -0.39 is 30.4 Å². The van der Waals surface area contributed by atoms with E-state index in [1.807, 2.05) is 0 Å². The summed E-state index contributed by atoms with van der Waals surface area (Å²) in [6, 6.07) is -1.97. The number of aliphatic carboxylic acids is 1. The predicted octanol–water partition coefficient (Wildman–Crippen LogP) is -0.0365. The van der Waals surface area contributed by atoms with Crippen LogP contribution in [0.25, 0.3) is 0 Å². The summed E-state index contributed by atoms with van der Waals surface area (Å²) < 4.78 is 5.62. The summed E-state index contributed by atoms with van der Waals surface area (Å²) in [5.41, 5.74) is 4.92. The fraction of sp³-hybridized carbons (Fsp3) is 0.769. The first-order chi connectivity index (χ1) is 9.99. The van der Waals surface area contributed by atoms with Gasteiger partial charge < -0.3 is 26.2 Å². The molecule has 0 spiro atoms. The Hall–Kier alpha value is -1.83. The monoisotopic (exact) mass is 301 g/mol. The van der Waals surface area contributed by atoms with Gasteiger partial charge in [-0.3, -0.25) is 4.79 Å². The molecule has 1 fully saturated rings. The lowest BCUT2D eigenvalue weighted by molar-refractivity contribution is -0.140. The predicted molar refractivity (Wildman–Crippen MR) is 74.6 cm³/mol. The zero-order valence-corrected chi connectivity index (χ0v) is 12.0. The molecule has 0 radical (unpaired) electrons. The maximum atomic E-state index is 11.5. The Labute approximate surface area is 123 Å². The Morgan fingerprint density at radius 1 is 1.24 bits per heavy atom. The minimum atomic E-state index is -1.32. The summed E-state index contributed by atoms with van der Waals surface area (Å²) in [5, 5.41) is 13.5. The summed E-state index contributed by atoms with van der Waals surface area (Å²) in [4.78, 5) is 33.0. The molecule has 0 aromatic rings. The number of primary amides is 1. The van der Waals surface area contributed by atoms with Crippen molar-refractivity contribution in [3.8, 4) is 0 Å². The highest BCUT2D eigenvalue weighted by atomic mass is 16.5. The van der Waals surface area contributed by atoms with E-state index in [-0.39, 0.29) is 12.6 Å². The van der Waals surface area contributed by atoms with Crippen LogP contribution in [0.4, 0.5) is 4.79 Å². The highest BCUT2D eigenvalue weighted by Gasteiger charge is 2.21. The van der Waals surface area contributed by atoms with E-state index in [2.05, 4.69) is 10.6 Å². The van der Waals surface area contributed by atoms with E-state index in [0.717, 1.165) is 12.8 Å². The second-order valence-electron chi connectivity index (χ2n) is 5.09. The van der Waals surface area contributed by atoms with Gasteiger partial charge in [0.15, 0.2) is 0 Å². The number of nitrogens with one attached hydrogen (secondary N) is 2. The Morgan fingerprint density at radius 3 is 2.48 bits per heavy atom. The third-order valence-corrected chi connectivity index (χ3v) is 3.30. The topological polar surface area (TPSA) is 131 Å². The van der Waals surface area contributed by atoms with E-state index in [9.17, 15) is 14.4 Å². The number of carbonyl (C=O) groups excluding carboxylic acids is 2. The standard InChI is InChI=1S/C13H23N3O5/c14-11(17)8-10(12(18)19)16-13(20)15-6-7-21-9-4-2-1-3-5-9/h9-10H,1-8H2,(H2,14,17)(H,18,19)(H2,15,16,20). The van der Waals surface area contributed by atoms with Crippen LogP contribution >= 0.6 is 0 Å². The van der Waals surface area contributed by atoms with Gasteiger partial charge in [0.1, 0.15) is 6.04 Å². The second kappa shape index (κ2) is 9.17. The van der Waals surface area contributed by atoms with Crippen molar-refractivity contribution in [2.75, 3.05) is 13.2 Å². The van der Waals surface area contributed by atoms with E-state index >= 15 is 0 Å². The number of ether oxygens (including phenoxy) is 1. The van der Waals surface area contributed by atoms with Gasteiger partial charge in [0.2, 0.25) is 5.91 Å². The van der Waals surface area contributed by atoms with Gasteiger partial charge in [0, 0.05) is 6.54 Å². The molecule has 1 atom stereocenters. The number of carboxylic acids is 1. The van der Waals surface area contributed by atoms with E-state index in [1.165, 1.54) is 19.3 Å². The third-order valence-electron chi connectivity index (χ3n) is 3.30. The summed E-state index contributed by atoms with van der Waals surface area (Å²) in [6.07, 6.45) is 5.50. The molecule has 0 heterocycles. The van der Waals surface area contributed by atoms with Crippen molar-refractivity contribution in [1.29, 1.82) is 0 Å². The van der Waals surface area contributed by atoms with Crippen LogP contribution in [0, 0.1) is 0 Å². The highest BCUT2D eigenvalue weighted by molar-refractivity contribution is 5.87. The maximum absolute atomic E-state index is 11.5. The van der Waals surface area contributed by atoms with Crippen molar-refractivity contribution in [2.45, 2.75) is 50.7 Å². The zero-order valence-electron chi connectivity index (χ0n) is 12.0. The number of carboxylic acid groups (broad SMARTS) is 1. The first-order valence-electron chi connectivity index (χ1n) is 7.16. The van der Waals surface area contributed by atoms with E-state index in [0.29, 0.717) is 6.61 Å². The second-order valence-corrected chi connectivity index (χ2v) is 5.09. The molecular weight excluding hydrogens is 278 g/mol. The van der Waals surface area contributed by atoms with Crippen LogP contribution in [0.5, 0.6) is 0 Å². The van der Waals surface area contributed by atoms with Crippen molar-refractivity contribution in [1.82, 2.24) is 10.6 Å². The number of urea groups is 1. The first kappa shape index (κ1) is 17.2. The molecule has 5 N–H and O–H groups in total. The molecule has 0 aromatic carbocycles. The molecule has 0 aliphatic heterocycles. The maximum Gasteiger partial charge on any atom is 0.326 e. The lowest BCUT2D eigenvalue weighted by Crippen LogP contribution is -2.48. The van der Waals surface area contributed by atoms with Gasteiger partial charge >= 0.3 is 12.0 Å². The smallest absolute Gasteiger partial charge is 0.326 e. The molecule has 1 rings (SSSR count). The van der Waals surface area contributed by atoms with Gasteiger partial charge in [-0.2, -0.15) is 0 Å². The van der Waals surface area contributed by atoms with Crippen molar-refractivity contribution in [3.05, 3.63) is 0 Å². The summed E-state index contributed by atoms with van der Waals surface area (Å²) in [5.74, 6) is -2.09. The third kappa shape index (κ3) is 7.50. The SMILES string of the molecule is NC(=O)CC(NC(=O)NCCOC1CCCCC1)C(=O)O. The molecule has 1 aliphatic carbocycles. The Balaban J connectivity index is 2.16. The van der Waals surface area contributed by atoms with Crippen LogP contribution < -0.4 is 16.4 Å². The minimum absolute atomic E-state index is 0.255. The van der Waals surface area contributed by atoms with Crippen molar-refractivity contribution >= 4 is 17.9 Å². The molecule has 3 amide bonds. The number of rotatable bonds is 8. The van der Waals surface area contributed by atoms with E-state index in [1.54, 1.807) is 0 Å². The minimum Gasteiger partial charge on any atom is -0.480 e. The quantitative estimate of drug-likeness (QED) is 0.467. The van der Waals surface area contributed by atoms with Gasteiger partial charge in [-0.1, -0.05) is 19.3 Å². The number of nitrogens with two attached hydrogens (primary N) is 1. The molecule has 1 unspecified atom stereocenters. The Kier molecular flexibility index (Phi) is 7.52. The molecule has 21 heavy (non-hydrogen) atoms. The van der Waals surface area contributed by atoms with Gasteiger partial charge in [-0.05, 0) is 12.8 Å². The molecule has 0 saturated heterocycles. The zero-order chi connectivity index (χ0) is 15.7. The number of amides is 3. The molecule has 0 aromatic heterocycles.